The number of morpholine rings is 1. The lowest BCUT2D eigenvalue weighted by Crippen LogP contribution is -2.45. The summed E-state index contributed by atoms with van der Waals surface area (Å²) in [7, 11) is 0. The fraction of sp³-hybridized carbons (Fsp3) is 0.500. The zero-order chi connectivity index (χ0) is 17.6. The van der Waals surface area contributed by atoms with Gasteiger partial charge in [0.25, 0.3) is 0 Å². The predicted molar refractivity (Wildman–Crippen MR) is 92.3 cm³/mol. The van der Waals surface area contributed by atoms with E-state index in [9.17, 15) is 0 Å². The molecule has 25 heavy (non-hydrogen) atoms. The number of para-hydroxylation sites is 1. The number of nitriles is 1. The average molecular weight is 341 g/mol. The first-order valence-corrected chi connectivity index (χ1v) is 8.49. The van der Waals surface area contributed by atoms with Crippen molar-refractivity contribution in [1.29, 1.82) is 5.26 Å². The molecular formula is C18H23N5O2. The number of hydrogen-bond acceptors (Lipinski definition) is 6. The number of rotatable bonds is 6. The third kappa shape index (κ3) is 4.56. The van der Waals surface area contributed by atoms with Crippen molar-refractivity contribution in [2.45, 2.75) is 26.5 Å². The first-order chi connectivity index (χ1) is 12.2. The molecule has 1 aliphatic rings. The second kappa shape index (κ2) is 8.10. The van der Waals surface area contributed by atoms with E-state index in [4.69, 9.17) is 14.7 Å². The first-order valence-electron chi connectivity index (χ1n) is 8.49. The number of hydrogen-bond donors (Lipinski definition) is 0. The van der Waals surface area contributed by atoms with Crippen LogP contribution in [-0.2, 0) is 11.3 Å². The minimum absolute atomic E-state index is 0.0972. The summed E-state index contributed by atoms with van der Waals surface area (Å²) in [5.74, 6) is 2.34. The molecule has 7 nitrogen and oxygen atoms in total. The fourth-order valence-corrected chi connectivity index (χ4v) is 2.99. The Morgan fingerprint density at radius 3 is 2.96 bits per heavy atom. The van der Waals surface area contributed by atoms with Gasteiger partial charge in [-0.1, -0.05) is 12.1 Å². The van der Waals surface area contributed by atoms with E-state index in [2.05, 4.69) is 21.1 Å². The molecule has 0 spiro atoms. The highest BCUT2D eigenvalue weighted by atomic mass is 16.5. The third-order valence-electron chi connectivity index (χ3n) is 4.23. The smallest absolute Gasteiger partial charge is 0.147 e. The van der Waals surface area contributed by atoms with Crippen molar-refractivity contribution in [3.05, 3.63) is 41.5 Å². The summed E-state index contributed by atoms with van der Waals surface area (Å²) in [5.41, 5.74) is 0.569. The monoisotopic (exact) mass is 341 g/mol. The van der Waals surface area contributed by atoms with Gasteiger partial charge in [0.2, 0.25) is 0 Å². The van der Waals surface area contributed by atoms with Gasteiger partial charge >= 0.3 is 0 Å². The van der Waals surface area contributed by atoms with Crippen LogP contribution >= 0.6 is 0 Å². The number of aryl methyl sites for hydroxylation is 2. The Hall–Kier alpha value is -2.43. The lowest BCUT2D eigenvalue weighted by atomic mass is 10.2. The summed E-state index contributed by atoms with van der Waals surface area (Å²) in [4.78, 5) is 6.65. The number of ether oxygens (including phenoxy) is 2. The van der Waals surface area contributed by atoms with Crippen LogP contribution < -0.4 is 4.74 Å². The van der Waals surface area contributed by atoms with Crippen LogP contribution in [0.15, 0.2) is 24.3 Å². The molecule has 1 aromatic carbocycles. The Morgan fingerprint density at radius 1 is 1.36 bits per heavy atom. The van der Waals surface area contributed by atoms with Gasteiger partial charge in [-0.25, -0.2) is 9.67 Å². The quantitative estimate of drug-likeness (QED) is 0.793. The standard InChI is InChI=1S/C18H23N5O2/c1-14-20-15(2)23(21-14)13-17-12-22(7-9-24-17)8-10-25-18-6-4-3-5-16(18)11-19/h3-6,17H,7-10,12-13H2,1-2H3/t17-/m0/s1. The van der Waals surface area contributed by atoms with Gasteiger partial charge in [-0.15, -0.1) is 0 Å². The van der Waals surface area contributed by atoms with Crippen molar-refractivity contribution in [3.63, 3.8) is 0 Å². The van der Waals surface area contributed by atoms with Gasteiger partial charge in [0.05, 0.1) is 24.8 Å². The summed E-state index contributed by atoms with van der Waals surface area (Å²) in [6, 6.07) is 9.47. The largest absolute Gasteiger partial charge is 0.491 e. The van der Waals surface area contributed by atoms with Crippen molar-refractivity contribution in [1.82, 2.24) is 19.7 Å². The zero-order valence-electron chi connectivity index (χ0n) is 14.7. The molecule has 1 atom stereocenters. The highest BCUT2D eigenvalue weighted by Gasteiger charge is 2.22. The van der Waals surface area contributed by atoms with Crippen molar-refractivity contribution in [2.75, 3.05) is 32.8 Å². The minimum Gasteiger partial charge on any atom is -0.491 e. The molecule has 1 aromatic heterocycles. The van der Waals surface area contributed by atoms with Crippen LogP contribution in [0.2, 0.25) is 0 Å². The summed E-state index contributed by atoms with van der Waals surface area (Å²) >= 11 is 0. The topological polar surface area (TPSA) is 76.2 Å². The average Bonchev–Trinajstić information content (AvgIpc) is 2.93. The Bertz CT molecular complexity index is 752. The second-order valence-electron chi connectivity index (χ2n) is 6.14. The van der Waals surface area contributed by atoms with Gasteiger partial charge in [0.15, 0.2) is 0 Å². The highest BCUT2D eigenvalue weighted by molar-refractivity contribution is 5.42. The van der Waals surface area contributed by atoms with Crippen LogP contribution in [-0.4, -0.2) is 58.6 Å². The molecule has 0 N–H and O–H groups in total. The van der Waals surface area contributed by atoms with Crippen molar-refractivity contribution in [3.8, 4) is 11.8 Å². The molecule has 132 valence electrons. The number of nitrogens with zero attached hydrogens (tertiary/aromatic N) is 5. The van der Waals surface area contributed by atoms with E-state index in [1.165, 1.54) is 0 Å². The molecule has 1 fully saturated rings. The normalized spacial score (nSPS) is 18.0. The molecule has 2 heterocycles. The summed E-state index contributed by atoms with van der Waals surface area (Å²) < 4.78 is 13.5. The van der Waals surface area contributed by atoms with E-state index in [-0.39, 0.29) is 6.10 Å². The summed E-state index contributed by atoms with van der Waals surface area (Å²) in [6.07, 6.45) is 0.0972. The van der Waals surface area contributed by atoms with Crippen molar-refractivity contribution >= 4 is 0 Å². The van der Waals surface area contributed by atoms with Gasteiger partial charge in [0, 0.05) is 19.6 Å². The molecule has 0 saturated carbocycles. The van der Waals surface area contributed by atoms with Crippen LogP contribution in [0.1, 0.15) is 17.2 Å². The Morgan fingerprint density at radius 2 is 2.20 bits per heavy atom. The molecule has 0 radical (unpaired) electrons. The number of aromatic nitrogens is 3. The Kier molecular flexibility index (Phi) is 5.64. The first kappa shape index (κ1) is 17.4. The maximum atomic E-state index is 9.10. The second-order valence-corrected chi connectivity index (χ2v) is 6.14. The maximum absolute atomic E-state index is 9.10. The van der Waals surface area contributed by atoms with Gasteiger partial charge in [-0.05, 0) is 26.0 Å². The molecular weight excluding hydrogens is 318 g/mol. The fourth-order valence-electron chi connectivity index (χ4n) is 2.99. The van der Waals surface area contributed by atoms with Gasteiger partial charge in [0.1, 0.15) is 30.1 Å². The van der Waals surface area contributed by atoms with Crippen LogP contribution in [0.25, 0.3) is 0 Å². The van der Waals surface area contributed by atoms with Crippen LogP contribution in [0, 0.1) is 25.2 Å². The van der Waals surface area contributed by atoms with Crippen molar-refractivity contribution in [2.24, 2.45) is 0 Å². The van der Waals surface area contributed by atoms with Crippen LogP contribution in [0.3, 0.4) is 0 Å². The molecule has 1 saturated heterocycles. The maximum Gasteiger partial charge on any atom is 0.147 e. The molecule has 0 amide bonds. The van der Waals surface area contributed by atoms with E-state index in [1.54, 1.807) is 6.07 Å². The molecule has 1 aliphatic heterocycles. The molecule has 7 heteroatoms. The van der Waals surface area contributed by atoms with E-state index in [1.807, 2.05) is 36.7 Å². The Balaban J connectivity index is 1.49. The molecule has 0 bridgehead atoms. The molecule has 0 unspecified atom stereocenters. The minimum atomic E-state index is 0.0972. The number of benzene rings is 1. The van der Waals surface area contributed by atoms with Gasteiger partial charge in [-0.3, -0.25) is 4.90 Å². The van der Waals surface area contributed by atoms with E-state index >= 15 is 0 Å². The van der Waals surface area contributed by atoms with Crippen LogP contribution in [0.4, 0.5) is 0 Å². The van der Waals surface area contributed by atoms with Gasteiger partial charge in [-0.2, -0.15) is 10.4 Å². The van der Waals surface area contributed by atoms with Crippen LogP contribution in [0.5, 0.6) is 5.75 Å². The lowest BCUT2D eigenvalue weighted by molar-refractivity contribution is -0.0404. The molecule has 0 aliphatic carbocycles. The summed E-state index contributed by atoms with van der Waals surface area (Å²) in [6.45, 7) is 8.33. The van der Waals surface area contributed by atoms with Gasteiger partial charge < -0.3 is 9.47 Å². The summed E-state index contributed by atoms with van der Waals surface area (Å²) in [5, 5.41) is 13.5. The predicted octanol–water partition coefficient (Wildman–Crippen LogP) is 1.55. The lowest BCUT2D eigenvalue weighted by Gasteiger charge is -2.32. The highest BCUT2D eigenvalue weighted by Crippen LogP contribution is 2.16. The SMILES string of the molecule is Cc1nc(C)n(C[C@@H]2CN(CCOc3ccccc3C#N)CCO2)n1. The zero-order valence-corrected chi connectivity index (χ0v) is 14.7. The molecule has 3 rings (SSSR count). The van der Waals surface area contributed by atoms with E-state index in [0.717, 1.165) is 31.3 Å². The Labute approximate surface area is 147 Å². The van der Waals surface area contributed by atoms with E-state index < -0.39 is 0 Å². The molecule has 2 aromatic rings. The van der Waals surface area contributed by atoms with E-state index in [0.29, 0.717) is 31.1 Å². The van der Waals surface area contributed by atoms with Crippen molar-refractivity contribution < 1.29 is 9.47 Å². The third-order valence-corrected chi connectivity index (χ3v) is 4.23.